The molecule has 3 rings (SSSR count). The lowest BCUT2D eigenvalue weighted by atomic mass is 10.0. The minimum atomic E-state index is -1.00. The summed E-state index contributed by atoms with van der Waals surface area (Å²) in [6.45, 7) is 4.12. The molecule has 0 aliphatic carbocycles. The molecule has 0 fully saturated rings. The number of carbonyl (C=O) groups excluding carboxylic acids is 3. The summed E-state index contributed by atoms with van der Waals surface area (Å²) >= 11 is 1.43. The molecule has 0 N–H and O–H groups in total. The molecule has 1 aliphatic rings. The molecule has 182 valence electrons. The molecular formula is C25H30N2O6S. The van der Waals surface area contributed by atoms with Crippen molar-refractivity contribution >= 4 is 35.3 Å². The van der Waals surface area contributed by atoms with E-state index in [1.807, 2.05) is 50.2 Å². The summed E-state index contributed by atoms with van der Waals surface area (Å²) in [6, 6.07) is 13.1. The zero-order valence-electron chi connectivity index (χ0n) is 20.1. The topological polar surface area (TPSA) is 85.4 Å². The number of aryl methyl sites for hydroxylation is 1. The summed E-state index contributed by atoms with van der Waals surface area (Å²) in [5.74, 6) is -0.808. The highest BCUT2D eigenvalue weighted by molar-refractivity contribution is 7.99. The Morgan fingerprint density at radius 3 is 2.44 bits per heavy atom. The molecule has 0 aromatic heterocycles. The maximum absolute atomic E-state index is 13.8. The number of benzene rings is 2. The molecule has 2 aromatic carbocycles. The number of carbonyl (C=O) groups is 3. The number of methoxy groups -OCH3 is 1. The Balaban J connectivity index is 2.07. The quantitative estimate of drug-likeness (QED) is 0.526. The van der Waals surface area contributed by atoms with Crippen LogP contribution < -0.4 is 9.64 Å². The van der Waals surface area contributed by atoms with E-state index >= 15 is 0 Å². The molecule has 0 bridgehead atoms. The first-order valence-corrected chi connectivity index (χ1v) is 11.8. The second kappa shape index (κ2) is 11.4. The van der Waals surface area contributed by atoms with Crippen LogP contribution in [-0.2, 0) is 23.9 Å². The van der Waals surface area contributed by atoms with Gasteiger partial charge in [0.1, 0.15) is 5.75 Å². The number of amides is 1. The average molecular weight is 487 g/mol. The van der Waals surface area contributed by atoms with Crippen molar-refractivity contribution in [2.75, 3.05) is 45.8 Å². The van der Waals surface area contributed by atoms with Crippen molar-refractivity contribution in [1.29, 1.82) is 0 Å². The summed E-state index contributed by atoms with van der Waals surface area (Å²) < 4.78 is 15.9. The molecule has 0 saturated carbocycles. The van der Waals surface area contributed by atoms with E-state index in [2.05, 4.69) is 4.74 Å². The predicted molar refractivity (Wildman–Crippen MR) is 130 cm³/mol. The smallest absolute Gasteiger partial charge is 0.343 e. The Morgan fingerprint density at radius 1 is 1.12 bits per heavy atom. The SMILES string of the molecule is COC(=O)COc1ccc2c(c1)S[C@@H](c1ccc(C)cc1)[C@@H](OC(C)=O)C(=O)N2CCN(C)C. The largest absolute Gasteiger partial charge is 0.482 e. The zero-order valence-corrected chi connectivity index (χ0v) is 20.9. The number of anilines is 1. The van der Waals surface area contributed by atoms with Crippen LogP contribution in [0.15, 0.2) is 47.4 Å². The lowest BCUT2D eigenvalue weighted by molar-refractivity contribution is -0.152. The van der Waals surface area contributed by atoms with Crippen molar-refractivity contribution in [2.45, 2.75) is 30.1 Å². The standard InChI is InChI=1S/C25H30N2O6S/c1-16-6-8-18(9-7-16)24-23(33-17(2)28)25(30)27(13-12-26(3)4)20-11-10-19(14-21(20)34-24)32-15-22(29)31-5/h6-11,14,23-24H,12-13,15H2,1-5H3/t23-,24+/m1/s1. The lowest BCUT2D eigenvalue weighted by Crippen LogP contribution is -2.45. The minimum absolute atomic E-state index is 0.222. The van der Waals surface area contributed by atoms with Crippen LogP contribution >= 0.6 is 11.8 Å². The van der Waals surface area contributed by atoms with Crippen molar-refractivity contribution < 1.29 is 28.6 Å². The van der Waals surface area contributed by atoms with Gasteiger partial charge in [-0.1, -0.05) is 29.8 Å². The molecule has 8 nitrogen and oxygen atoms in total. The van der Waals surface area contributed by atoms with Crippen molar-refractivity contribution in [1.82, 2.24) is 4.90 Å². The third-order valence-corrected chi connectivity index (χ3v) is 6.67. The van der Waals surface area contributed by atoms with Gasteiger partial charge in [0.05, 0.1) is 18.0 Å². The van der Waals surface area contributed by atoms with Gasteiger partial charge >= 0.3 is 11.9 Å². The maximum atomic E-state index is 13.8. The third kappa shape index (κ3) is 6.30. The summed E-state index contributed by atoms with van der Waals surface area (Å²) in [4.78, 5) is 41.7. The van der Waals surface area contributed by atoms with Gasteiger partial charge in [0.15, 0.2) is 12.7 Å². The molecule has 0 saturated heterocycles. The highest BCUT2D eigenvalue weighted by atomic mass is 32.2. The molecule has 2 aromatic rings. The summed E-state index contributed by atoms with van der Waals surface area (Å²) in [5.41, 5.74) is 2.66. The molecular weight excluding hydrogens is 456 g/mol. The molecule has 0 spiro atoms. The second-order valence-electron chi connectivity index (χ2n) is 8.27. The van der Waals surface area contributed by atoms with E-state index in [1.54, 1.807) is 23.1 Å². The summed E-state index contributed by atoms with van der Waals surface area (Å²) in [5, 5.41) is -0.462. The number of likely N-dealkylation sites (N-methyl/N-ethyl adjacent to an activating group) is 1. The van der Waals surface area contributed by atoms with Crippen molar-refractivity contribution in [2.24, 2.45) is 0 Å². The van der Waals surface area contributed by atoms with Crippen LogP contribution in [-0.4, -0.2) is 69.8 Å². The van der Waals surface area contributed by atoms with Crippen LogP contribution in [0.5, 0.6) is 5.75 Å². The Morgan fingerprint density at radius 2 is 1.82 bits per heavy atom. The van der Waals surface area contributed by atoms with Gasteiger partial charge in [-0.25, -0.2) is 4.79 Å². The van der Waals surface area contributed by atoms with Crippen LogP contribution in [0.4, 0.5) is 5.69 Å². The number of hydrogen-bond acceptors (Lipinski definition) is 8. The van der Waals surface area contributed by atoms with E-state index in [9.17, 15) is 14.4 Å². The predicted octanol–water partition coefficient (Wildman–Crippen LogP) is 3.22. The van der Waals surface area contributed by atoms with Crippen molar-refractivity contribution in [3.63, 3.8) is 0 Å². The maximum Gasteiger partial charge on any atom is 0.343 e. The number of thioether (sulfide) groups is 1. The van der Waals surface area contributed by atoms with Gasteiger partial charge in [-0.05, 0) is 44.8 Å². The zero-order chi connectivity index (χ0) is 24.8. The van der Waals surface area contributed by atoms with Crippen molar-refractivity contribution in [3.05, 3.63) is 53.6 Å². The lowest BCUT2D eigenvalue weighted by Gasteiger charge is -2.28. The van der Waals surface area contributed by atoms with Gasteiger partial charge < -0.3 is 24.0 Å². The van der Waals surface area contributed by atoms with E-state index in [0.717, 1.165) is 16.0 Å². The molecule has 34 heavy (non-hydrogen) atoms. The number of fused-ring (bicyclic) bond motifs is 1. The summed E-state index contributed by atoms with van der Waals surface area (Å²) in [7, 11) is 5.16. The number of rotatable bonds is 8. The van der Waals surface area contributed by atoms with Crippen LogP contribution in [0.2, 0.25) is 0 Å². The van der Waals surface area contributed by atoms with Gasteiger partial charge in [0.2, 0.25) is 0 Å². The monoisotopic (exact) mass is 486 g/mol. The number of nitrogens with zero attached hydrogens (tertiary/aromatic N) is 2. The average Bonchev–Trinajstić information content (AvgIpc) is 2.90. The van der Waals surface area contributed by atoms with Gasteiger partial charge in [0.25, 0.3) is 5.91 Å². The summed E-state index contributed by atoms with van der Waals surface area (Å²) in [6.07, 6.45) is -1.00. The van der Waals surface area contributed by atoms with Crippen molar-refractivity contribution in [3.8, 4) is 5.75 Å². The molecule has 1 aliphatic heterocycles. The van der Waals surface area contributed by atoms with Crippen LogP contribution in [0.3, 0.4) is 0 Å². The molecule has 2 atom stereocenters. The Hall–Kier alpha value is -3.04. The van der Waals surface area contributed by atoms with E-state index in [4.69, 9.17) is 9.47 Å². The molecule has 1 heterocycles. The molecule has 9 heteroatoms. The first-order valence-electron chi connectivity index (χ1n) is 10.9. The fourth-order valence-corrected chi connectivity index (χ4v) is 4.87. The molecule has 1 amide bonds. The minimum Gasteiger partial charge on any atom is -0.482 e. The highest BCUT2D eigenvalue weighted by Gasteiger charge is 2.41. The van der Waals surface area contributed by atoms with E-state index < -0.39 is 23.3 Å². The first kappa shape index (κ1) is 25.6. The second-order valence-corrected chi connectivity index (χ2v) is 9.45. The number of esters is 2. The van der Waals surface area contributed by atoms with E-state index in [1.165, 1.54) is 25.8 Å². The fourth-order valence-electron chi connectivity index (χ4n) is 3.52. The van der Waals surface area contributed by atoms with E-state index in [-0.39, 0.29) is 12.5 Å². The van der Waals surface area contributed by atoms with Gasteiger partial charge in [0, 0.05) is 24.9 Å². The van der Waals surface area contributed by atoms with E-state index in [0.29, 0.717) is 24.5 Å². The molecule has 0 radical (unpaired) electrons. The number of hydrogen-bond donors (Lipinski definition) is 0. The normalized spacial score (nSPS) is 17.7. The fraction of sp³-hybridized carbons (Fsp3) is 0.400. The molecule has 0 unspecified atom stereocenters. The third-order valence-electron chi connectivity index (χ3n) is 5.31. The first-order chi connectivity index (χ1) is 16.2. The Kier molecular flexibility index (Phi) is 8.57. The van der Waals surface area contributed by atoms with Crippen LogP contribution in [0, 0.1) is 6.92 Å². The number of ether oxygens (including phenoxy) is 3. The van der Waals surface area contributed by atoms with Crippen LogP contribution in [0.1, 0.15) is 23.3 Å². The highest BCUT2D eigenvalue weighted by Crippen LogP contribution is 2.47. The van der Waals surface area contributed by atoms with Gasteiger partial charge in [-0.3, -0.25) is 9.59 Å². The Bertz CT molecular complexity index is 1040. The van der Waals surface area contributed by atoms with Gasteiger partial charge in [-0.2, -0.15) is 0 Å². The van der Waals surface area contributed by atoms with Crippen LogP contribution in [0.25, 0.3) is 0 Å². The Labute approximate surface area is 204 Å². The van der Waals surface area contributed by atoms with Gasteiger partial charge in [-0.15, -0.1) is 11.8 Å².